The lowest BCUT2D eigenvalue weighted by atomic mass is 9.88. The molecule has 4 nitrogen and oxygen atoms in total. The Balaban J connectivity index is 2.11. The number of nitrogens with one attached hydrogen (secondary N) is 1. The lowest BCUT2D eigenvalue weighted by molar-refractivity contribution is -0.120. The Hall–Kier alpha value is -2.04. The predicted molar refractivity (Wildman–Crippen MR) is 98.3 cm³/mol. The van der Waals surface area contributed by atoms with Crippen molar-refractivity contribution in [3.63, 3.8) is 0 Å². The van der Waals surface area contributed by atoms with Crippen LogP contribution in [0.5, 0.6) is 0 Å². The first-order valence-electron chi connectivity index (χ1n) is 7.62. The Morgan fingerprint density at radius 3 is 2.42 bits per heavy atom. The highest BCUT2D eigenvalue weighted by molar-refractivity contribution is 6.39. The maximum atomic E-state index is 11.8. The van der Waals surface area contributed by atoms with Crippen molar-refractivity contribution < 1.29 is 4.79 Å². The Kier molecular flexibility index (Phi) is 4.52. The molecule has 6 heteroatoms. The Morgan fingerprint density at radius 2 is 1.83 bits per heavy atom. The van der Waals surface area contributed by atoms with Crippen LogP contribution in [-0.2, 0) is 4.79 Å². The number of nitrogens with zero attached hydrogens (tertiary/aromatic N) is 1. The average molecular weight is 362 g/mol. The zero-order valence-electron chi connectivity index (χ0n) is 13.3. The Labute approximate surface area is 150 Å². The molecule has 0 aliphatic rings. The van der Waals surface area contributed by atoms with E-state index in [4.69, 9.17) is 28.9 Å². The van der Waals surface area contributed by atoms with Crippen LogP contribution in [0.25, 0.3) is 22.4 Å². The van der Waals surface area contributed by atoms with Crippen LogP contribution in [0.1, 0.15) is 25.3 Å². The van der Waals surface area contributed by atoms with Gasteiger partial charge in [-0.05, 0) is 35.7 Å². The first kappa shape index (κ1) is 16.8. The number of aromatic nitrogens is 2. The predicted octanol–water partition coefficient (Wildman–Crippen LogP) is 4.76. The zero-order valence-corrected chi connectivity index (χ0v) is 14.8. The van der Waals surface area contributed by atoms with Gasteiger partial charge >= 0.3 is 0 Å². The molecule has 3 rings (SSSR count). The summed E-state index contributed by atoms with van der Waals surface area (Å²) in [6, 6.07) is 11.0. The molecule has 3 N–H and O–H groups in total. The fourth-order valence-electron chi connectivity index (χ4n) is 2.94. The lowest BCUT2D eigenvalue weighted by Crippen LogP contribution is -2.25. The maximum absolute atomic E-state index is 11.8. The van der Waals surface area contributed by atoms with E-state index in [9.17, 15) is 4.79 Å². The number of hydrogen-bond acceptors (Lipinski definition) is 2. The molecule has 1 atom stereocenters. The number of carbonyl (C=O) groups excluding carboxylic acids is 1. The van der Waals surface area contributed by atoms with Crippen LogP contribution < -0.4 is 5.73 Å². The number of carbonyl (C=O) groups is 1. The highest BCUT2D eigenvalue weighted by atomic mass is 35.5. The van der Waals surface area contributed by atoms with Crippen molar-refractivity contribution in [1.82, 2.24) is 9.97 Å². The van der Waals surface area contributed by atoms with Crippen LogP contribution >= 0.6 is 23.2 Å². The van der Waals surface area contributed by atoms with Gasteiger partial charge in [-0.3, -0.25) is 4.79 Å². The second kappa shape index (κ2) is 6.46. The molecule has 24 heavy (non-hydrogen) atoms. The van der Waals surface area contributed by atoms with Gasteiger partial charge in [0.2, 0.25) is 5.91 Å². The van der Waals surface area contributed by atoms with Gasteiger partial charge in [-0.15, -0.1) is 0 Å². The summed E-state index contributed by atoms with van der Waals surface area (Å²) in [5, 5.41) is 1.05. The lowest BCUT2D eigenvalue weighted by Gasteiger charge is -2.17. The van der Waals surface area contributed by atoms with E-state index in [1.807, 2.05) is 32.0 Å². The normalized spacial score (nSPS) is 12.7. The molecule has 0 aliphatic carbocycles. The SMILES string of the molecule is CC(C)C(C(N)=O)c1ccc2nc(-c3c(Cl)cccc3Cl)[nH]c2c1. The Morgan fingerprint density at radius 1 is 1.17 bits per heavy atom. The number of nitrogens with two attached hydrogens (primary N) is 1. The summed E-state index contributed by atoms with van der Waals surface area (Å²) >= 11 is 12.5. The van der Waals surface area contributed by atoms with E-state index in [0.29, 0.717) is 21.4 Å². The fraction of sp³-hybridized carbons (Fsp3) is 0.222. The third-order valence-electron chi connectivity index (χ3n) is 4.04. The van der Waals surface area contributed by atoms with Crippen LogP contribution in [0.15, 0.2) is 36.4 Å². The smallest absolute Gasteiger partial charge is 0.225 e. The fourth-order valence-corrected chi connectivity index (χ4v) is 3.52. The molecule has 124 valence electrons. The van der Waals surface area contributed by atoms with Crippen molar-refractivity contribution >= 4 is 40.1 Å². The summed E-state index contributed by atoms with van der Waals surface area (Å²) in [5.41, 5.74) is 8.66. The number of imidazole rings is 1. The van der Waals surface area contributed by atoms with Crippen molar-refractivity contribution in [1.29, 1.82) is 0 Å². The van der Waals surface area contributed by atoms with Crippen molar-refractivity contribution in [3.8, 4) is 11.4 Å². The van der Waals surface area contributed by atoms with Crippen LogP contribution in [0.3, 0.4) is 0 Å². The molecule has 0 radical (unpaired) electrons. The van der Waals surface area contributed by atoms with Gasteiger partial charge in [0, 0.05) is 0 Å². The summed E-state index contributed by atoms with van der Waals surface area (Å²) in [4.78, 5) is 19.5. The highest BCUT2D eigenvalue weighted by Gasteiger charge is 2.22. The van der Waals surface area contributed by atoms with Gasteiger partial charge in [-0.1, -0.05) is 49.2 Å². The average Bonchev–Trinajstić information content (AvgIpc) is 2.89. The van der Waals surface area contributed by atoms with Crippen LogP contribution in [0.2, 0.25) is 10.0 Å². The summed E-state index contributed by atoms with van der Waals surface area (Å²) < 4.78 is 0. The minimum Gasteiger partial charge on any atom is -0.369 e. The molecule has 0 aliphatic heterocycles. The summed E-state index contributed by atoms with van der Waals surface area (Å²) in [6.07, 6.45) is 0. The monoisotopic (exact) mass is 361 g/mol. The van der Waals surface area contributed by atoms with Gasteiger partial charge < -0.3 is 10.7 Å². The van der Waals surface area contributed by atoms with Crippen molar-refractivity contribution in [2.45, 2.75) is 19.8 Å². The summed E-state index contributed by atoms with van der Waals surface area (Å²) in [6.45, 7) is 3.95. The third-order valence-corrected chi connectivity index (χ3v) is 4.67. The number of aromatic amines is 1. The number of amides is 1. The van der Waals surface area contributed by atoms with E-state index in [0.717, 1.165) is 16.6 Å². The molecule has 2 aromatic carbocycles. The zero-order chi connectivity index (χ0) is 17.4. The number of rotatable bonds is 4. The molecular weight excluding hydrogens is 345 g/mol. The number of halogens is 2. The van der Waals surface area contributed by atoms with Gasteiger partial charge in [0.1, 0.15) is 5.82 Å². The van der Waals surface area contributed by atoms with E-state index in [1.54, 1.807) is 18.2 Å². The molecule has 3 aromatic rings. The Bertz CT molecular complexity index is 898. The molecule has 0 fully saturated rings. The number of hydrogen-bond donors (Lipinski definition) is 2. The molecular formula is C18H17Cl2N3O. The van der Waals surface area contributed by atoms with Crippen molar-refractivity contribution in [2.75, 3.05) is 0 Å². The molecule has 1 unspecified atom stereocenters. The first-order chi connectivity index (χ1) is 11.4. The van der Waals surface area contributed by atoms with Gasteiger partial charge in [-0.2, -0.15) is 0 Å². The molecule has 0 saturated carbocycles. The number of H-pyrrole nitrogens is 1. The number of primary amides is 1. The highest BCUT2D eigenvalue weighted by Crippen LogP contribution is 2.34. The molecule has 1 amide bonds. The maximum Gasteiger partial charge on any atom is 0.225 e. The van der Waals surface area contributed by atoms with Gasteiger partial charge in [0.25, 0.3) is 0 Å². The van der Waals surface area contributed by atoms with Crippen LogP contribution in [0.4, 0.5) is 0 Å². The number of fused-ring (bicyclic) bond motifs is 1. The van der Waals surface area contributed by atoms with Gasteiger partial charge in [0.05, 0.1) is 32.6 Å². The second-order valence-electron chi connectivity index (χ2n) is 6.08. The third kappa shape index (κ3) is 2.99. The van der Waals surface area contributed by atoms with E-state index in [1.165, 1.54) is 0 Å². The molecule has 0 spiro atoms. The molecule has 0 bridgehead atoms. The van der Waals surface area contributed by atoms with Gasteiger partial charge in [0.15, 0.2) is 0 Å². The van der Waals surface area contributed by atoms with Crippen molar-refractivity contribution in [3.05, 3.63) is 52.0 Å². The number of benzene rings is 2. The quantitative estimate of drug-likeness (QED) is 0.702. The first-order valence-corrected chi connectivity index (χ1v) is 8.37. The van der Waals surface area contributed by atoms with Gasteiger partial charge in [-0.25, -0.2) is 4.98 Å². The summed E-state index contributed by atoms with van der Waals surface area (Å²) in [5.74, 6) is 0.0292. The molecule has 1 heterocycles. The van der Waals surface area contributed by atoms with Crippen LogP contribution in [-0.4, -0.2) is 15.9 Å². The van der Waals surface area contributed by atoms with E-state index in [-0.39, 0.29) is 17.7 Å². The van der Waals surface area contributed by atoms with E-state index in [2.05, 4.69) is 9.97 Å². The molecule has 1 aromatic heterocycles. The molecule has 0 saturated heterocycles. The van der Waals surface area contributed by atoms with Crippen LogP contribution in [0, 0.1) is 5.92 Å². The second-order valence-corrected chi connectivity index (χ2v) is 6.90. The minimum atomic E-state index is -0.343. The summed E-state index contributed by atoms with van der Waals surface area (Å²) in [7, 11) is 0. The minimum absolute atomic E-state index is 0.111. The standard InChI is InChI=1S/C18H17Cl2N3O/c1-9(2)15(17(21)24)10-6-7-13-14(8-10)23-18(22-13)16-11(19)4-3-5-12(16)20/h3-9,15H,1-2H3,(H2,21,24)(H,22,23). The topological polar surface area (TPSA) is 71.8 Å². The largest absolute Gasteiger partial charge is 0.369 e. The van der Waals surface area contributed by atoms with E-state index < -0.39 is 0 Å². The van der Waals surface area contributed by atoms with E-state index >= 15 is 0 Å². The van der Waals surface area contributed by atoms with Crippen molar-refractivity contribution in [2.24, 2.45) is 11.7 Å².